The van der Waals surface area contributed by atoms with Gasteiger partial charge in [0.2, 0.25) is 0 Å². The highest BCUT2D eigenvalue weighted by Crippen LogP contribution is 2.27. The van der Waals surface area contributed by atoms with E-state index in [4.69, 9.17) is 12.2 Å². The standard InChI is InChI=1S/C20H21N5OS/c1-14(16-7-3-2-4-8-16)24-12-17-18(22-13-24)25(20(27)23-19(17)26)11-15-6-5-9-21-10-15/h2-10,14,22H,11-13H2,1H3,(H,23,26,27). The van der Waals surface area contributed by atoms with Gasteiger partial charge < -0.3 is 9.88 Å². The van der Waals surface area contributed by atoms with Crippen molar-refractivity contribution in [2.75, 3.05) is 12.0 Å². The fraction of sp³-hybridized carbons (Fsp3) is 0.250. The molecule has 2 N–H and O–H groups in total. The van der Waals surface area contributed by atoms with E-state index in [1.807, 2.05) is 41.1 Å². The Hall–Kier alpha value is -2.77. The summed E-state index contributed by atoms with van der Waals surface area (Å²) in [5.41, 5.74) is 2.84. The number of anilines is 1. The van der Waals surface area contributed by atoms with E-state index in [0.717, 1.165) is 11.4 Å². The van der Waals surface area contributed by atoms with E-state index in [2.05, 4.69) is 39.2 Å². The number of H-pyrrole nitrogens is 1. The molecule has 6 nitrogen and oxygen atoms in total. The Bertz CT molecular complexity index is 1050. The summed E-state index contributed by atoms with van der Waals surface area (Å²) in [7, 11) is 0. The van der Waals surface area contributed by atoms with E-state index >= 15 is 0 Å². The minimum Gasteiger partial charge on any atom is -0.358 e. The number of hydrogen-bond donors (Lipinski definition) is 2. The zero-order chi connectivity index (χ0) is 18.8. The molecule has 3 aromatic rings. The Morgan fingerprint density at radius 1 is 1.22 bits per heavy atom. The number of nitrogens with zero attached hydrogens (tertiary/aromatic N) is 3. The number of rotatable bonds is 4. The highest BCUT2D eigenvalue weighted by atomic mass is 32.1. The van der Waals surface area contributed by atoms with Gasteiger partial charge in [0.1, 0.15) is 5.82 Å². The Labute approximate surface area is 162 Å². The molecule has 0 radical (unpaired) electrons. The van der Waals surface area contributed by atoms with Gasteiger partial charge in [-0.05, 0) is 36.3 Å². The van der Waals surface area contributed by atoms with Crippen LogP contribution in [0.5, 0.6) is 0 Å². The largest absolute Gasteiger partial charge is 0.358 e. The molecule has 1 unspecified atom stereocenters. The molecule has 1 atom stereocenters. The number of aromatic amines is 1. The molecule has 0 saturated carbocycles. The molecule has 0 spiro atoms. The Morgan fingerprint density at radius 2 is 2.04 bits per heavy atom. The maximum Gasteiger partial charge on any atom is 0.258 e. The molecule has 27 heavy (non-hydrogen) atoms. The van der Waals surface area contributed by atoms with Crippen LogP contribution in [0.25, 0.3) is 0 Å². The zero-order valence-electron chi connectivity index (χ0n) is 15.1. The zero-order valence-corrected chi connectivity index (χ0v) is 15.9. The van der Waals surface area contributed by atoms with Gasteiger partial charge in [-0.2, -0.15) is 0 Å². The van der Waals surface area contributed by atoms with E-state index < -0.39 is 0 Å². The van der Waals surface area contributed by atoms with Crippen molar-refractivity contribution in [1.82, 2.24) is 19.4 Å². The summed E-state index contributed by atoms with van der Waals surface area (Å²) in [6.07, 6.45) is 3.55. The molecule has 0 saturated heterocycles. The maximum absolute atomic E-state index is 12.6. The average molecular weight is 379 g/mol. The first-order chi connectivity index (χ1) is 13.1. The Morgan fingerprint density at radius 3 is 2.78 bits per heavy atom. The van der Waals surface area contributed by atoms with Crippen molar-refractivity contribution in [2.24, 2.45) is 0 Å². The lowest BCUT2D eigenvalue weighted by Gasteiger charge is -2.35. The molecule has 1 aliphatic rings. The quantitative estimate of drug-likeness (QED) is 0.681. The van der Waals surface area contributed by atoms with Crippen molar-refractivity contribution in [3.63, 3.8) is 0 Å². The first-order valence-electron chi connectivity index (χ1n) is 8.91. The van der Waals surface area contributed by atoms with E-state index in [9.17, 15) is 4.79 Å². The third-order valence-electron chi connectivity index (χ3n) is 5.00. The molecule has 4 rings (SSSR count). The molecule has 1 aromatic carbocycles. The van der Waals surface area contributed by atoms with Gasteiger partial charge in [0, 0.05) is 25.0 Å². The van der Waals surface area contributed by atoms with Crippen LogP contribution in [0.1, 0.15) is 29.7 Å². The fourth-order valence-corrected chi connectivity index (χ4v) is 3.69. The van der Waals surface area contributed by atoms with Crippen molar-refractivity contribution in [1.29, 1.82) is 0 Å². The van der Waals surface area contributed by atoms with Crippen molar-refractivity contribution in [3.8, 4) is 0 Å². The first-order valence-corrected chi connectivity index (χ1v) is 9.32. The molecule has 2 aromatic heterocycles. The van der Waals surface area contributed by atoms with Crippen molar-refractivity contribution < 1.29 is 0 Å². The molecule has 0 aliphatic carbocycles. The number of nitrogens with one attached hydrogen (secondary N) is 2. The number of benzene rings is 1. The van der Waals surface area contributed by atoms with Crippen LogP contribution in [0.2, 0.25) is 0 Å². The van der Waals surface area contributed by atoms with Crippen LogP contribution in [0.3, 0.4) is 0 Å². The molecular formula is C20H21N5OS. The molecule has 7 heteroatoms. The molecule has 138 valence electrons. The SMILES string of the molecule is CC(c1ccccc1)N1CNc2c(c(=O)[nH]c(=S)n2Cc2cccnc2)C1. The number of aromatic nitrogens is 3. The number of hydrogen-bond acceptors (Lipinski definition) is 5. The van der Waals surface area contributed by atoms with E-state index in [0.29, 0.717) is 30.1 Å². The predicted octanol–water partition coefficient (Wildman–Crippen LogP) is 3.30. The summed E-state index contributed by atoms with van der Waals surface area (Å²) in [4.78, 5) is 21.8. The topological polar surface area (TPSA) is 66.0 Å². The second kappa shape index (κ2) is 7.46. The fourth-order valence-electron chi connectivity index (χ4n) is 3.44. The monoisotopic (exact) mass is 379 g/mol. The Balaban J connectivity index is 1.67. The van der Waals surface area contributed by atoms with Gasteiger partial charge >= 0.3 is 0 Å². The number of fused-ring (bicyclic) bond motifs is 1. The molecule has 3 heterocycles. The third-order valence-corrected chi connectivity index (χ3v) is 5.32. The van der Waals surface area contributed by atoms with E-state index in [1.165, 1.54) is 5.56 Å². The van der Waals surface area contributed by atoms with Gasteiger partial charge in [-0.25, -0.2) is 0 Å². The molecule has 0 bridgehead atoms. The molecule has 0 amide bonds. The lowest BCUT2D eigenvalue weighted by molar-refractivity contribution is 0.206. The summed E-state index contributed by atoms with van der Waals surface area (Å²) in [5, 5.41) is 3.42. The first kappa shape index (κ1) is 17.6. The van der Waals surface area contributed by atoms with Crippen LogP contribution >= 0.6 is 12.2 Å². The van der Waals surface area contributed by atoms with E-state index in [-0.39, 0.29) is 11.6 Å². The van der Waals surface area contributed by atoms with Crippen LogP contribution in [0.4, 0.5) is 5.82 Å². The van der Waals surface area contributed by atoms with Crippen LogP contribution in [-0.4, -0.2) is 26.1 Å². The van der Waals surface area contributed by atoms with Gasteiger partial charge in [-0.1, -0.05) is 36.4 Å². The van der Waals surface area contributed by atoms with Gasteiger partial charge in [0.15, 0.2) is 4.77 Å². The maximum atomic E-state index is 12.6. The molecule has 0 fully saturated rings. The summed E-state index contributed by atoms with van der Waals surface area (Å²) < 4.78 is 2.35. The highest BCUT2D eigenvalue weighted by Gasteiger charge is 2.25. The molecule has 1 aliphatic heterocycles. The summed E-state index contributed by atoms with van der Waals surface area (Å²) in [5.74, 6) is 0.795. The van der Waals surface area contributed by atoms with Gasteiger partial charge in [0.05, 0.1) is 18.8 Å². The van der Waals surface area contributed by atoms with Gasteiger partial charge in [0.25, 0.3) is 5.56 Å². The van der Waals surface area contributed by atoms with Crippen molar-refractivity contribution in [2.45, 2.75) is 26.1 Å². The summed E-state index contributed by atoms with van der Waals surface area (Å²) in [6.45, 7) is 3.93. The highest BCUT2D eigenvalue weighted by molar-refractivity contribution is 7.71. The minimum absolute atomic E-state index is 0.130. The smallest absolute Gasteiger partial charge is 0.258 e. The lowest BCUT2D eigenvalue weighted by Crippen LogP contribution is -2.40. The summed E-state index contributed by atoms with van der Waals surface area (Å²) in [6, 6.07) is 14.4. The van der Waals surface area contributed by atoms with Crippen LogP contribution in [-0.2, 0) is 13.1 Å². The second-order valence-electron chi connectivity index (χ2n) is 6.70. The second-order valence-corrected chi connectivity index (χ2v) is 7.09. The normalized spacial score (nSPS) is 15.0. The number of pyridine rings is 1. The predicted molar refractivity (Wildman–Crippen MR) is 108 cm³/mol. The minimum atomic E-state index is -0.130. The van der Waals surface area contributed by atoms with Crippen LogP contribution in [0.15, 0.2) is 59.7 Å². The third kappa shape index (κ3) is 3.56. The van der Waals surface area contributed by atoms with Crippen molar-refractivity contribution >= 4 is 18.0 Å². The van der Waals surface area contributed by atoms with Crippen molar-refractivity contribution in [3.05, 3.63) is 86.7 Å². The molecular weight excluding hydrogens is 358 g/mol. The van der Waals surface area contributed by atoms with Gasteiger partial charge in [-0.15, -0.1) is 0 Å². The summed E-state index contributed by atoms with van der Waals surface area (Å²) >= 11 is 5.42. The van der Waals surface area contributed by atoms with Gasteiger partial charge in [-0.3, -0.25) is 19.7 Å². The van der Waals surface area contributed by atoms with E-state index in [1.54, 1.807) is 6.20 Å². The van der Waals surface area contributed by atoms with Crippen LogP contribution in [0, 0.1) is 4.77 Å². The Kier molecular flexibility index (Phi) is 4.87. The lowest BCUT2D eigenvalue weighted by atomic mass is 10.1. The average Bonchev–Trinajstić information content (AvgIpc) is 2.71. The van der Waals surface area contributed by atoms with Crippen LogP contribution < -0.4 is 10.9 Å².